The first kappa shape index (κ1) is 18.4. The molecule has 0 atom stereocenters. The highest BCUT2D eigenvalue weighted by Crippen LogP contribution is 2.16. The lowest BCUT2D eigenvalue weighted by Gasteiger charge is -2.16. The van der Waals surface area contributed by atoms with E-state index in [9.17, 15) is 14.4 Å². The molecule has 23 heavy (non-hydrogen) atoms. The zero-order valence-electron chi connectivity index (χ0n) is 13.5. The van der Waals surface area contributed by atoms with Gasteiger partial charge in [0.2, 0.25) is 17.7 Å². The second-order valence-corrected chi connectivity index (χ2v) is 4.90. The molecule has 0 saturated heterocycles. The molecule has 0 spiro atoms. The number of carbonyl (C=O) groups is 3. The first-order chi connectivity index (χ1) is 10.9. The van der Waals surface area contributed by atoms with Crippen LogP contribution in [-0.2, 0) is 14.4 Å². The summed E-state index contributed by atoms with van der Waals surface area (Å²) in [6, 6.07) is 6.99. The SMILES string of the molecule is CNC(=O)CNC(=O)CN(C)CC(=O)Nc1cccc(OC)c1. The van der Waals surface area contributed by atoms with Crippen molar-refractivity contribution < 1.29 is 19.1 Å². The molecule has 0 fully saturated rings. The van der Waals surface area contributed by atoms with Crippen LogP contribution in [0.5, 0.6) is 5.75 Å². The predicted octanol–water partition coefficient (Wildman–Crippen LogP) is -0.572. The van der Waals surface area contributed by atoms with E-state index in [4.69, 9.17) is 4.74 Å². The van der Waals surface area contributed by atoms with Crippen molar-refractivity contribution in [3.8, 4) is 5.75 Å². The molecule has 126 valence electrons. The number of benzene rings is 1. The highest BCUT2D eigenvalue weighted by atomic mass is 16.5. The monoisotopic (exact) mass is 322 g/mol. The van der Waals surface area contributed by atoms with Crippen LogP contribution in [0.15, 0.2) is 24.3 Å². The normalized spacial score (nSPS) is 10.1. The highest BCUT2D eigenvalue weighted by Gasteiger charge is 2.11. The van der Waals surface area contributed by atoms with Gasteiger partial charge in [-0.3, -0.25) is 19.3 Å². The Bertz CT molecular complexity index is 562. The van der Waals surface area contributed by atoms with E-state index in [1.54, 1.807) is 43.3 Å². The maximum absolute atomic E-state index is 11.9. The molecule has 1 aromatic carbocycles. The van der Waals surface area contributed by atoms with Gasteiger partial charge in [0.25, 0.3) is 0 Å². The van der Waals surface area contributed by atoms with Crippen molar-refractivity contribution in [1.29, 1.82) is 0 Å². The lowest BCUT2D eigenvalue weighted by molar-refractivity contribution is -0.126. The molecule has 0 unspecified atom stereocenters. The van der Waals surface area contributed by atoms with E-state index < -0.39 is 0 Å². The summed E-state index contributed by atoms with van der Waals surface area (Å²) in [5.41, 5.74) is 0.617. The molecule has 3 amide bonds. The summed E-state index contributed by atoms with van der Waals surface area (Å²) in [5.74, 6) is -0.216. The Balaban J connectivity index is 2.38. The fourth-order valence-electron chi connectivity index (χ4n) is 1.77. The summed E-state index contributed by atoms with van der Waals surface area (Å²) in [6.45, 7) is -0.0215. The van der Waals surface area contributed by atoms with E-state index in [2.05, 4.69) is 16.0 Å². The number of hydrogen-bond donors (Lipinski definition) is 3. The van der Waals surface area contributed by atoms with Crippen molar-refractivity contribution in [2.24, 2.45) is 0 Å². The summed E-state index contributed by atoms with van der Waals surface area (Å²) in [6.07, 6.45) is 0. The third-order valence-electron chi connectivity index (χ3n) is 2.91. The van der Waals surface area contributed by atoms with Gasteiger partial charge in [0, 0.05) is 18.8 Å². The average Bonchev–Trinajstić information content (AvgIpc) is 2.52. The molecular formula is C15H22N4O4. The van der Waals surface area contributed by atoms with Crippen LogP contribution < -0.4 is 20.7 Å². The zero-order chi connectivity index (χ0) is 17.2. The van der Waals surface area contributed by atoms with Gasteiger partial charge in [-0.25, -0.2) is 0 Å². The summed E-state index contributed by atoms with van der Waals surface area (Å²) < 4.78 is 5.08. The van der Waals surface area contributed by atoms with E-state index >= 15 is 0 Å². The number of nitrogens with one attached hydrogen (secondary N) is 3. The quantitative estimate of drug-likeness (QED) is 0.595. The molecule has 0 heterocycles. The molecule has 0 aromatic heterocycles. The Labute approximate surface area is 135 Å². The van der Waals surface area contributed by atoms with Gasteiger partial charge in [0.15, 0.2) is 0 Å². The molecule has 8 heteroatoms. The third-order valence-corrected chi connectivity index (χ3v) is 2.91. The van der Waals surface area contributed by atoms with Crippen molar-refractivity contribution >= 4 is 23.4 Å². The number of hydrogen-bond acceptors (Lipinski definition) is 5. The van der Waals surface area contributed by atoms with E-state index in [1.165, 1.54) is 7.05 Å². The van der Waals surface area contributed by atoms with Gasteiger partial charge in [-0.2, -0.15) is 0 Å². The van der Waals surface area contributed by atoms with Crippen LogP contribution in [0.4, 0.5) is 5.69 Å². The number of rotatable bonds is 8. The lowest BCUT2D eigenvalue weighted by Crippen LogP contribution is -2.42. The van der Waals surface area contributed by atoms with Gasteiger partial charge in [0.1, 0.15) is 5.75 Å². The van der Waals surface area contributed by atoms with Gasteiger partial charge in [-0.05, 0) is 19.2 Å². The molecule has 3 N–H and O–H groups in total. The fourth-order valence-corrected chi connectivity index (χ4v) is 1.77. The Hall–Kier alpha value is -2.61. The number of carbonyl (C=O) groups excluding carboxylic acids is 3. The average molecular weight is 322 g/mol. The smallest absolute Gasteiger partial charge is 0.239 e. The highest BCUT2D eigenvalue weighted by molar-refractivity contribution is 5.93. The topological polar surface area (TPSA) is 99.8 Å². The summed E-state index contributed by atoms with van der Waals surface area (Å²) >= 11 is 0. The fraction of sp³-hybridized carbons (Fsp3) is 0.400. The van der Waals surface area contributed by atoms with Crippen molar-refractivity contribution in [2.75, 3.05) is 46.2 Å². The first-order valence-corrected chi connectivity index (χ1v) is 7.04. The minimum absolute atomic E-state index is 0.0164. The number of amides is 3. The molecule has 1 rings (SSSR count). The molecule has 8 nitrogen and oxygen atoms in total. The maximum Gasteiger partial charge on any atom is 0.239 e. The summed E-state index contributed by atoms with van der Waals surface area (Å²) in [5, 5.41) is 7.59. The first-order valence-electron chi connectivity index (χ1n) is 7.04. The van der Waals surface area contributed by atoms with Crippen molar-refractivity contribution in [1.82, 2.24) is 15.5 Å². The standard InChI is InChI=1S/C15H22N4O4/c1-16-13(20)8-17-14(21)9-19(2)10-15(22)18-11-5-4-6-12(7-11)23-3/h4-7H,8-10H2,1-3H3,(H,16,20)(H,17,21)(H,18,22). The van der Waals surface area contributed by atoms with E-state index in [0.29, 0.717) is 11.4 Å². The number of likely N-dealkylation sites (N-methyl/N-ethyl adjacent to an activating group) is 2. The Morgan fingerprint density at radius 3 is 2.48 bits per heavy atom. The maximum atomic E-state index is 11.9. The number of ether oxygens (including phenoxy) is 1. The minimum atomic E-state index is -0.328. The van der Waals surface area contributed by atoms with Gasteiger partial charge in [-0.1, -0.05) is 6.07 Å². The van der Waals surface area contributed by atoms with Crippen LogP contribution in [-0.4, -0.2) is 63.5 Å². The van der Waals surface area contributed by atoms with Crippen molar-refractivity contribution in [3.63, 3.8) is 0 Å². The van der Waals surface area contributed by atoms with Gasteiger partial charge >= 0.3 is 0 Å². The molecular weight excluding hydrogens is 300 g/mol. The summed E-state index contributed by atoms with van der Waals surface area (Å²) in [7, 11) is 4.68. The Morgan fingerprint density at radius 1 is 1.13 bits per heavy atom. The van der Waals surface area contributed by atoms with Crippen LogP contribution in [0.25, 0.3) is 0 Å². The zero-order valence-corrected chi connectivity index (χ0v) is 13.5. The van der Waals surface area contributed by atoms with Crippen LogP contribution in [0.3, 0.4) is 0 Å². The predicted molar refractivity (Wildman–Crippen MR) is 86.2 cm³/mol. The van der Waals surface area contributed by atoms with Gasteiger partial charge < -0.3 is 20.7 Å². The Kier molecular flexibility index (Phi) is 7.55. The van der Waals surface area contributed by atoms with Crippen LogP contribution in [0.1, 0.15) is 0 Å². The van der Waals surface area contributed by atoms with Crippen LogP contribution >= 0.6 is 0 Å². The molecule has 0 bridgehead atoms. The third kappa shape index (κ3) is 7.28. The van der Waals surface area contributed by atoms with Crippen molar-refractivity contribution in [2.45, 2.75) is 0 Å². The number of nitrogens with zero attached hydrogens (tertiary/aromatic N) is 1. The second-order valence-electron chi connectivity index (χ2n) is 4.90. The number of anilines is 1. The molecule has 1 aromatic rings. The second kappa shape index (κ2) is 9.42. The molecule has 0 aliphatic carbocycles. The summed E-state index contributed by atoms with van der Waals surface area (Å²) in [4.78, 5) is 36.1. The van der Waals surface area contributed by atoms with E-state index in [0.717, 1.165) is 0 Å². The van der Waals surface area contributed by atoms with Crippen LogP contribution in [0.2, 0.25) is 0 Å². The van der Waals surface area contributed by atoms with Gasteiger partial charge in [-0.15, -0.1) is 0 Å². The lowest BCUT2D eigenvalue weighted by atomic mass is 10.3. The molecule has 0 saturated carbocycles. The largest absolute Gasteiger partial charge is 0.497 e. The van der Waals surface area contributed by atoms with Crippen LogP contribution in [0, 0.1) is 0 Å². The molecule has 0 aliphatic heterocycles. The van der Waals surface area contributed by atoms with Crippen molar-refractivity contribution in [3.05, 3.63) is 24.3 Å². The minimum Gasteiger partial charge on any atom is -0.497 e. The molecule has 0 aliphatic rings. The number of methoxy groups -OCH3 is 1. The molecule has 0 radical (unpaired) electrons. The van der Waals surface area contributed by atoms with Gasteiger partial charge in [0.05, 0.1) is 26.7 Å². The Morgan fingerprint density at radius 2 is 1.83 bits per heavy atom. The van der Waals surface area contributed by atoms with E-state index in [1.807, 2.05) is 0 Å². The van der Waals surface area contributed by atoms with E-state index in [-0.39, 0.29) is 37.4 Å².